The summed E-state index contributed by atoms with van der Waals surface area (Å²) in [6, 6.07) is 16.1. The maximum Gasteiger partial charge on any atom is 0.196 e. The first-order chi connectivity index (χ1) is 13.6. The fourth-order valence-corrected chi connectivity index (χ4v) is 4.15. The Labute approximate surface area is 181 Å². The van der Waals surface area contributed by atoms with Crippen molar-refractivity contribution in [2.45, 2.75) is 0 Å². The van der Waals surface area contributed by atoms with Crippen LogP contribution in [0.25, 0.3) is 10.5 Å². The Kier molecular flexibility index (Phi) is 6.47. The lowest BCUT2D eigenvalue weighted by molar-refractivity contribution is -0.110. The molecule has 29 heavy (non-hydrogen) atoms. The molecular weight excluding hydrogens is 400 g/mol. The van der Waals surface area contributed by atoms with Gasteiger partial charge in [0, 0.05) is 27.6 Å². The van der Waals surface area contributed by atoms with Crippen molar-refractivity contribution in [2.24, 2.45) is 0 Å². The number of halogens is 1. The highest BCUT2D eigenvalue weighted by atomic mass is 35.5. The molecule has 0 fully saturated rings. The van der Waals surface area contributed by atoms with Crippen LogP contribution in [0.3, 0.4) is 0 Å². The summed E-state index contributed by atoms with van der Waals surface area (Å²) in [5.41, 5.74) is 12.0. The van der Waals surface area contributed by atoms with Gasteiger partial charge >= 0.3 is 0 Å². The second-order valence-electron chi connectivity index (χ2n) is 6.55. The van der Waals surface area contributed by atoms with E-state index in [1.807, 2.05) is 36.4 Å². The molecule has 0 spiro atoms. The van der Waals surface area contributed by atoms with E-state index in [9.17, 15) is 0 Å². The van der Waals surface area contributed by atoms with Crippen molar-refractivity contribution >= 4 is 33.6 Å². The number of allylic oxidation sites excluding steroid dienone is 8. The quantitative estimate of drug-likeness (QED) is 0.729. The van der Waals surface area contributed by atoms with E-state index in [1.54, 1.807) is 18.9 Å². The van der Waals surface area contributed by atoms with Crippen molar-refractivity contribution in [3.05, 3.63) is 107 Å². The third kappa shape index (κ3) is 4.73. The predicted molar refractivity (Wildman–Crippen MR) is 120 cm³/mol. The van der Waals surface area contributed by atoms with Crippen molar-refractivity contribution in [2.75, 3.05) is 12.8 Å². The van der Waals surface area contributed by atoms with Gasteiger partial charge in [0.2, 0.25) is 0 Å². The second kappa shape index (κ2) is 9.03. The number of anilines is 1. The van der Waals surface area contributed by atoms with Gasteiger partial charge in [0.05, 0.1) is 7.11 Å². The maximum absolute atomic E-state index is 5.87. The summed E-state index contributed by atoms with van der Waals surface area (Å²) in [4.78, 5) is 2.36. The van der Waals surface area contributed by atoms with Gasteiger partial charge in [-0.2, -0.15) is 0 Å². The summed E-state index contributed by atoms with van der Waals surface area (Å²) in [5, 5.41) is 5.87. The molecule has 3 nitrogen and oxygen atoms in total. The normalized spacial score (nSPS) is 15.6. The van der Waals surface area contributed by atoms with E-state index in [4.69, 9.17) is 15.9 Å². The van der Waals surface area contributed by atoms with Gasteiger partial charge in [0.1, 0.15) is 5.75 Å². The van der Waals surface area contributed by atoms with Gasteiger partial charge in [-0.05, 0) is 70.8 Å². The third-order valence-electron chi connectivity index (χ3n) is 4.61. The summed E-state index contributed by atoms with van der Waals surface area (Å²) in [7, 11) is 1.68. The molecule has 4 rings (SSSR count). The van der Waals surface area contributed by atoms with Crippen LogP contribution in [0.15, 0.2) is 95.5 Å². The molecule has 1 aliphatic carbocycles. The molecule has 0 aromatic heterocycles. The molecule has 1 aliphatic heterocycles. The number of nitrogens with two attached hydrogens (primary N) is 2. The smallest absolute Gasteiger partial charge is 0.196 e. The first-order valence-electron chi connectivity index (χ1n) is 8.97. The summed E-state index contributed by atoms with van der Waals surface area (Å²) < 4.78 is 5.29. The van der Waals surface area contributed by atoms with Crippen LogP contribution in [-0.2, 0) is 0 Å². The standard InChI is InChI=1S/C24H20N2OS.ClH/c1-27-22-12-6-16(7-13-22)19-14-23(17-2-8-20(25)9-3-17)28-24(15-19)18-4-10-21(26)11-5-18;/h2-15,25H,26H2,1H3;1H. The lowest BCUT2D eigenvalue weighted by atomic mass is 10.0. The van der Waals surface area contributed by atoms with Gasteiger partial charge in [-0.15, -0.1) is 0 Å². The van der Waals surface area contributed by atoms with Crippen LogP contribution in [0, 0.1) is 0 Å². The zero-order valence-corrected chi connectivity index (χ0v) is 17.5. The number of hydrogen-bond acceptors (Lipinski definition) is 3. The average molecular weight is 421 g/mol. The van der Waals surface area contributed by atoms with Crippen LogP contribution < -0.4 is 28.3 Å². The molecule has 4 N–H and O–H groups in total. The van der Waals surface area contributed by atoms with Crippen molar-refractivity contribution in [3.63, 3.8) is 0 Å². The molecule has 0 saturated heterocycles. The Morgan fingerprint density at radius 2 is 1.45 bits per heavy atom. The molecule has 0 atom stereocenters. The van der Waals surface area contributed by atoms with Gasteiger partial charge in [-0.1, -0.05) is 36.0 Å². The minimum Gasteiger partial charge on any atom is -1.00 e. The first kappa shape index (κ1) is 20.8. The fraction of sp³-hybridized carbons (Fsp3) is 0.0417. The predicted octanol–water partition coefficient (Wildman–Crippen LogP) is 1.03. The van der Waals surface area contributed by atoms with E-state index in [2.05, 4.69) is 48.6 Å². The second-order valence-corrected chi connectivity index (χ2v) is 7.63. The molecule has 0 bridgehead atoms. The van der Waals surface area contributed by atoms with E-state index < -0.39 is 0 Å². The van der Waals surface area contributed by atoms with Gasteiger partial charge in [0.15, 0.2) is 5.71 Å². The van der Waals surface area contributed by atoms with Crippen LogP contribution in [0.5, 0.6) is 5.75 Å². The zero-order valence-electron chi connectivity index (χ0n) is 15.9. The average Bonchev–Trinajstić information content (AvgIpc) is 2.74. The minimum atomic E-state index is 0. The van der Waals surface area contributed by atoms with Crippen molar-refractivity contribution in [1.82, 2.24) is 0 Å². The summed E-state index contributed by atoms with van der Waals surface area (Å²) in [6.45, 7) is 0. The summed E-state index contributed by atoms with van der Waals surface area (Å²) in [5.74, 6) is 0.847. The Balaban J connectivity index is 0.00000240. The van der Waals surface area contributed by atoms with Crippen LogP contribution in [0.1, 0.15) is 11.1 Å². The highest BCUT2D eigenvalue weighted by Gasteiger charge is 2.16. The van der Waals surface area contributed by atoms with Gasteiger partial charge in [0.25, 0.3) is 0 Å². The van der Waals surface area contributed by atoms with E-state index >= 15 is 0 Å². The molecule has 146 valence electrons. The Morgan fingerprint density at radius 1 is 0.828 bits per heavy atom. The van der Waals surface area contributed by atoms with Crippen LogP contribution in [-0.4, -0.2) is 12.8 Å². The molecule has 1 heterocycles. The molecule has 2 aliphatic rings. The van der Waals surface area contributed by atoms with E-state index in [-0.39, 0.29) is 12.4 Å². The number of thioether (sulfide) groups is 1. The van der Waals surface area contributed by atoms with E-state index in [0.29, 0.717) is 0 Å². The van der Waals surface area contributed by atoms with Crippen molar-refractivity contribution in [3.8, 4) is 5.75 Å². The number of methoxy groups -OCH3 is 1. The summed E-state index contributed by atoms with van der Waals surface area (Å²) in [6.07, 6.45) is 12.4. The first-order valence-corrected chi connectivity index (χ1v) is 9.78. The topological polar surface area (TPSA) is 60.8 Å². The minimum absolute atomic E-state index is 0. The van der Waals surface area contributed by atoms with Crippen molar-refractivity contribution < 1.29 is 22.6 Å². The Bertz CT molecular complexity index is 1060. The molecule has 0 amide bonds. The van der Waals surface area contributed by atoms with Crippen molar-refractivity contribution in [1.29, 1.82) is 0 Å². The molecule has 0 radical (unpaired) electrons. The van der Waals surface area contributed by atoms with E-state index in [1.165, 1.54) is 9.81 Å². The highest BCUT2D eigenvalue weighted by molar-refractivity contribution is 8.12. The number of benzene rings is 2. The third-order valence-corrected chi connectivity index (χ3v) is 5.75. The van der Waals surface area contributed by atoms with Gasteiger partial charge in [-0.25, -0.2) is 0 Å². The number of nitrogen functional groups attached to an aromatic ring is 1. The Morgan fingerprint density at radius 3 is 2.07 bits per heavy atom. The molecule has 2 aromatic carbocycles. The number of hydrogen-bond donors (Lipinski definition) is 2. The van der Waals surface area contributed by atoms with Crippen LogP contribution >= 0.6 is 11.8 Å². The molecule has 0 unspecified atom stereocenters. The van der Waals surface area contributed by atoms with Crippen LogP contribution in [0.4, 0.5) is 5.69 Å². The summed E-state index contributed by atoms with van der Waals surface area (Å²) >= 11 is 1.75. The number of ether oxygens (including phenoxy) is 1. The SMILES string of the molecule is COc1ccc(C2=CC(=C3C=CC(=[NH2+])C=C3)SC(c3ccc(N)cc3)=C2)cc1.[Cl-]. The zero-order chi connectivity index (χ0) is 19.5. The highest BCUT2D eigenvalue weighted by Crippen LogP contribution is 2.44. The molecule has 0 saturated carbocycles. The van der Waals surface area contributed by atoms with Gasteiger partial charge < -0.3 is 22.9 Å². The van der Waals surface area contributed by atoms with E-state index in [0.717, 1.165) is 39.4 Å². The monoisotopic (exact) mass is 420 g/mol. The van der Waals surface area contributed by atoms with Crippen LogP contribution in [0.2, 0.25) is 0 Å². The molecule has 2 aromatic rings. The molecular formula is C24H21ClN2OS. The lowest BCUT2D eigenvalue weighted by Crippen LogP contribution is -3.00. The largest absolute Gasteiger partial charge is 1.00 e. The Hall–Kier alpha value is -2.95. The number of rotatable bonds is 3. The van der Waals surface area contributed by atoms with Gasteiger partial charge in [-0.3, -0.25) is 5.41 Å². The fourth-order valence-electron chi connectivity index (χ4n) is 3.03. The lowest BCUT2D eigenvalue weighted by Gasteiger charge is -2.19. The maximum atomic E-state index is 5.87. The molecule has 5 heteroatoms.